The number of hydrogen-bond acceptors (Lipinski definition) is 3. The monoisotopic (exact) mass is 304 g/mol. The molecule has 1 saturated heterocycles. The predicted octanol–water partition coefficient (Wildman–Crippen LogP) is 1.95. The highest BCUT2D eigenvalue weighted by molar-refractivity contribution is 5.99. The van der Waals surface area contributed by atoms with Gasteiger partial charge in [-0.2, -0.15) is 0 Å². The van der Waals surface area contributed by atoms with Crippen LogP contribution in [0.1, 0.15) is 43.5 Å². The van der Waals surface area contributed by atoms with Crippen LogP contribution in [-0.4, -0.2) is 36.1 Å². The van der Waals surface area contributed by atoms with Gasteiger partial charge in [-0.15, -0.1) is 0 Å². The smallest absolute Gasteiger partial charge is 0.251 e. The average Bonchev–Trinajstić information content (AvgIpc) is 2.93. The van der Waals surface area contributed by atoms with Crippen LogP contribution in [0.3, 0.4) is 0 Å². The molecule has 1 aromatic carbocycles. The Morgan fingerprint density at radius 3 is 2.77 bits per heavy atom. The second kappa shape index (κ2) is 7.40. The maximum absolute atomic E-state index is 12.4. The SMILES string of the molecule is CC(C)C(CCO)NC(=O)c1cccc(N2CCCC2=O)c1. The van der Waals surface area contributed by atoms with Gasteiger partial charge < -0.3 is 15.3 Å². The van der Waals surface area contributed by atoms with Gasteiger partial charge in [0.25, 0.3) is 5.91 Å². The highest BCUT2D eigenvalue weighted by atomic mass is 16.3. The lowest BCUT2D eigenvalue weighted by atomic mass is 10.0. The zero-order valence-corrected chi connectivity index (χ0v) is 13.2. The zero-order valence-electron chi connectivity index (χ0n) is 13.2. The quantitative estimate of drug-likeness (QED) is 0.844. The Labute approximate surface area is 131 Å². The molecule has 1 unspecified atom stereocenters. The van der Waals surface area contributed by atoms with Gasteiger partial charge >= 0.3 is 0 Å². The van der Waals surface area contributed by atoms with Crippen LogP contribution >= 0.6 is 0 Å². The molecule has 2 rings (SSSR count). The molecular weight excluding hydrogens is 280 g/mol. The van der Waals surface area contributed by atoms with Gasteiger partial charge in [-0.05, 0) is 37.0 Å². The second-order valence-corrected chi connectivity index (χ2v) is 6.04. The summed E-state index contributed by atoms with van der Waals surface area (Å²) in [6.45, 7) is 4.79. The highest BCUT2D eigenvalue weighted by Gasteiger charge is 2.23. The molecule has 1 atom stereocenters. The van der Waals surface area contributed by atoms with Gasteiger partial charge in [0.15, 0.2) is 0 Å². The van der Waals surface area contributed by atoms with Crippen molar-refractivity contribution in [3.63, 3.8) is 0 Å². The fourth-order valence-corrected chi connectivity index (χ4v) is 2.70. The summed E-state index contributed by atoms with van der Waals surface area (Å²) >= 11 is 0. The van der Waals surface area contributed by atoms with E-state index in [1.165, 1.54) is 0 Å². The lowest BCUT2D eigenvalue weighted by Crippen LogP contribution is -2.39. The molecule has 2 N–H and O–H groups in total. The van der Waals surface area contributed by atoms with E-state index >= 15 is 0 Å². The Bertz CT molecular complexity index is 542. The summed E-state index contributed by atoms with van der Waals surface area (Å²) in [6, 6.07) is 7.10. The minimum Gasteiger partial charge on any atom is -0.396 e. The third kappa shape index (κ3) is 3.85. The molecule has 0 radical (unpaired) electrons. The molecule has 0 spiro atoms. The molecule has 1 heterocycles. The summed E-state index contributed by atoms with van der Waals surface area (Å²) in [5.41, 5.74) is 1.32. The molecule has 0 aliphatic carbocycles. The van der Waals surface area contributed by atoms with Crippen LogP contribution in [0.25, 0.3) is 0 Å². The lowest BCUT2D eigenvalue weighted by molar-refractivity contribution is -0.117. The third-order valence-electron chi connectivity index (χ3n) is 4.05. The van der Waals surface area contributed by atoms with E-state index in [4.69, 9.17) is 5.11 Å². The van der Waals surface area contributed by atoms with Gasteiger partial charge in [0.2, 0.25) is 5.91 Å². The zero-order chi connectivity index (χ0) is 16.1. The number of amides is 2. The van der Waals surface area contributed by atoms with Gasteiger partial charge in [0.1, 0.15) is 0 Å². The number of nitrogens with zero attached hydrogens (tertiary/aromatic N) is 1. The van der Waals surface area contributed by atoms with E-state index in [1.54, 1.807) is 23.1 Å². The summed E-state index contributed by atoms with van der Waals surface area (Å²) in [6.07, 6.45) is 1.97. The first-order chi connectivity index (χ1) is 10.5. The van der Waals surface area contributed by atoms with Gasteiger partial charge in [-0.1, -0.05) is 19.9 Å². The highest BCUT2D eigenvalue weighted by Crippen LogP contribution is 2.22. The van der Waals surface area contributed by atoms with Crippen LogP contribution < -0.4 is 10.2 Å². The Hall–Kier alpha value is -1.88. The number of nitrogens with one attached hydrogen (secondary N) is 1. The van der Waals surface area contributed by atoms with Crippen molar-refractivity contribution in [3.8, 4) is 0 Å². The summed E-state index contributed by atoms with van der Waals surface area (Å²) in [4.78, 5) is 25.9. The third-order valence-corrected chi connectivity index (χ3v) is 4.05. The minimum absolute atomic E-state index is 0.0471. The Morgan fingerprint density at radius 1 is 1.41 bits per heavy atom. The molecule has 1 aliphatic rings. The van der Waals surface area contributed by atoms with Crippen molar-refractivity contribution in [2.75, 3.05) is 18.1 Å². The lowest BCUT2D eigenvalue weighted by Gasteiger charge is -2.22. The van der Waals surface area contributed by atoms with E-state index < -0.39 is 0 Å². The van der Waals surface area contributed by atoms with E-state index in [-0.39, 0.29) is 30.4 Å². The van der Waals surface area contributed by atoms with Crippen molar-refractivity contribution >= 4 is 17.5 Å². The number of carbonyl (C=O) groups excluding carboxylic acids is 2. The molecular formula is C17H24N2O3. The summed E-state index contributed by atoms with van der Waals surface area (Å²) in [7, 11) is 0. The molecule has 5 nitrogen and oxygen atoms in total. The minimum atomic E-state index is -0.166. The van der Waals surface area contributed by atoms with Crippen LogP contribution in [0, 0.1) is 5.92 Å². The summed E-state index contributed by atoms with van der Waals surface area (Å²) in [5.74, 6) is 0.193. The summed E-state index contributed by atoms with van der Waals surface area (Å²) in [5, 5.41) is 12.1. The topological polar surface area (TPSA) is 69.6 Å². The van der Waals surface area contributed by atoms with E-state index in [9.17, 15) is 9.59 Å². The molecule has 120 valence electrons. The van der Waals surface area contributed by atoms with Crippen LogP contribution in [0.4, 0.5) is 5.69 Å². The van der Waals surface area contributed by atoms with Gasteiger partial charge in [0.05, 0.1) is 0 Å². The van der Waals surface area contributed by atoms with Crippen molar-refractivity contribution in [2.24, 2.45) is 5.92 Å². The van der Waals surface area contributed by atoms with Crippen molar-refractivity contribution < 1.29 is 14.7 Å². The second-order valence-electron chi connectivity index (χ2n) is 6.04. The largest absolute Gasteiger partial charge is 0.396 e. The Morgan fingerprint density at radius 2 is 2.18 bits per heavy atom. The normalized spacial score (nSPS) is 16.2. The Balaban J connectivity index is 2.11. The van der Waals surface area contributed by atoms with Crippen LogP contribution in [0.5, 0.6) is 0 Å². The first-order valence-corrected chi connectivity index (χ1v) is 7.85. The number of carbonyl (C=O) groups is 2. The van der Waals surface area contributed by atoms with E-state index in [2.05, 4.69) is 5.32 Å². The number of aliphatic hydroxyl groups is 1. The standard InChI is InChI=1S/C17H24N2O3/c1-12(2)15(8-10-20)18-17(22)13-5-3-6-14(11-13)19-9-4-7-16(19)21/h3,5-6,11-12,15,20H,4,7-10H2,1-2H3,(H,18,22). The first kappa shape index (κ1) is 16.5. The van der Waals surface area contributed by atoms with E-state index in [0.717, 1.165) is 12.1 Å². The molecule has 1 aliphatic heterocycles. The number of anilines is 1. The van der Waals surface area contributed by atoms with E-state index in [1.807, 2.05) is 19.9 Å². The number of benzene rings is 1. The van der Waals surface area contributed by atoms with Gasteiger partial charge in [-0.3, -0.25) is 9.59 Å². The van der Waals surface area contributed by atoms with Crippen molar-refractivity contribution in [1.82, 2.24) is 5.32 Å². The molecule has 22 heavy (non-hydrogen) atoms. The maximum Gasteiger partial charge on any atom is 0.251 e. The van der Waals surface area contributed by atoms with Gasteiger partial charge in [0, 0.05) is 36.9 Å². The number of hydrogen-bond donors (Lipinski definition) is 2. The van der Waals surface area contributed by atoms with Crippen molar-refractivity contribution in [1.29, 1.82) is 0 Å². The maximum atomic E-state index is 12.4. The first-order valence-electron chi connectivity index (χ1n) is 7.85. The molecule has 1 fully saturated rings. The fourth-order valence-electron chi connectivity index (χ4n) is 2.70. The molecule has 0 saturated carbocycles. The van der Waals surface area contributed by atoms with Crippen LogP contribution in [0.2, 0.25) is 0 Å². The molecule has 0 bridgehead atoms. The van der Waals surface area contributed by atoms with Crippen molar-refractivity contribution in [2.45, 2.75) is 39.2 Å². The number of rotatable bonds is 6. The van der Waals surface area contributed by atoms with Crippen molar-refractivity contribution in [3.05, 3.63) is 29.8 Å². The van der Waals surface area contributed by atoms with Gasteiger partial charge in [-0.25, -0.2) is 0 Å². The van der Waals surface area contributed by atoms with E-state index in [0.29, 0.717) is 24.9 Å². The Kier molecular flexibility index (Phi) is 5.55. The van der Waals surface area contributed by atoms with Crippen LogP contribution in [-0.2, 0) is 4.79 Å². The number of aliphatic hydroxyl groups excluding tert-OH is 1. The summed E-state index contributed by atoms with van der Waals surface area (Å²) < 4.78 is 0. The average molecular weight is 304 g/mol. The molecule has 5 heteroatoms. The van der Waals surface area contributed by atoms with Crippen LogP contribution in [0.15, 0.2) is 24.3 Å². The molecule has 2 amide bonds. The fraction of sp³-hybridized carbons (Fsp3) is 0.529. The molecule has 0 aromatic heterocycles. The molecule has 1 aromatic rings. The predicted molar refractivity (Wildman–Crippen MR) is 85.8 cm³/mol.